The van der Waals surface area contributed by atoms with Crippen molar-refractivity contribution >= 4 is 46.4 Å². The topological polar surface area (TPSA) is 70.2 Å². The third-order valence-electron chi connectivity index (χ3n) is 5.16. The van der Waals surface area contributed by atoms with Gasteiger partial charge in [-0.2, -0.15) is 0 Å². The number of fused-ring (bicyclic) bond motifs is 8. The van der Waals surface area contributed by atoms with Gasteiger partial charge in [-0.15, -0.1) is 0 Å². The van der Waals surface area contributed by atoms with Gasteiger partial charge in [0.05, 0.1) is 22.8 Å². The van der Waals surface area contributed by atoms with E-state index in [1.807, 2.05) is 61.0 Å². The smallest absolute Gasteiger partial charge is 0.0658 e. The highest BCUT2D eigenvalue weighted by molar-refractivity contribution is 5.87. The molecule has 0 saturated carbocycles. The summed E-state index contributed by atoms with van der Waals surface area (Å²) < 4.78 is 0. The Hall–Kier alpha value is -4.25. The van der Waals surface area contributed by atoms with Gasteiger partial charge in [0, 0.05) is 40.0 Å². The number of rotatable bonds is 1. The molecule has 142 valence electrons. The minimum Gasteiger partial charge on any atom is -0.355 e. The Kier molecular flexibility index (Phi) is 3.71. The molecule has 0 aliphatic carbocycles. The van der Waals surface area contributed by atoms with Gasteiger partial charge < -0.3 is 9.97 Å². The van der Waals surface area contributed by atoms with E-state index in [1.165, 1.54) is 0 Å². The molecule has 5 heteroatoms. The molecular weight excluding hydrogens is 370 g/mol. The van der Waals surface area contributed by atoms with E-state index in [0.717, 1.165) is 56.0 Å². The third-order valence-corrected chi connectivity index (χ3v) is 5.16. The van der Waals surface area contributed by atoms with Crippen LogP contribution in [-0.2, 0) is 0 Å². The number of aromatic amines is 2. The van der Waals surface area contributed by atoms with Crippen LogP contribution in [0.1, 0.15) is 22.8 Å². The fourth-order valence-corrected chi connectivity index (χ4v) is 3.79. The summed E-state index contributed by atoms with van der Waals surface area (Å²) in [6.07, 6.45) is 11.7. The molecule has 0 amide bonds. The molecule has 8 bridgehead atoms. The van der Waals surface area contributed by atoms with Gasteiger partial charge in [-0.1, -0.05) is 0 Å². The molecule has 30 heavy (non-hydrogen) atoms. The van der Waals surface area contributed by atoms with Crippen molar-refractivity contribution in [1.29, 1.82) is 0 Å². The maximum Gasteiger partial charge on any atom is 0.0658 e. The highest BCUT2D eigenvalue weighted by Crippen LogP contribution is 2.27. The molecule has 5 nitrogen and oxygen atoms in total. The molecule has 4 aromatic rings. The molecule has 0 atom stereocenters. The molecular formula is C25H17N5. The zero-order chi connectivity index (χ0) is 19.9. The monoisotopic (exact) mass is 387 g/mol. The summed E-state index contributed by atoms with van der Waals surface area (Å²) in [5.41, 5.74) is 9.88. The van der Waals surface area contributed by atoms with Crippen LogP contribution in [0.3, 0.4) is 0 Å². The maximum atomic E-state index is 4.76. The third kappa shape index (κ3) is 3.12. The molecule has 0 fully saturated rings. The second kappa shape index (κ2) is 6.67. The van der Waals surface area contributed by atoms with Crippen molar-refractivity contribution in [2.24, 2.45) is 0 Å². The van der Waals surface area contributed by atoms with E-state index in [1.54, 1.807) is 0 Å². The maximum absolute atomic E-state index is 4.76. The van der Waals surface area contributed by atoms with E-state index in [0.29, 0.717) is 0 Å². The summed E-state index contributed by atoms with van der Waals surface area (Å²) >= 11 is 0. The van der Waals surface area contributed by atoms with Crippen molar-refractivity contribution in [3.05, 3.63) is 89.8 Å². The van der Waals surface area contributed by atoms with E-state index < -0.39 is 0 Å². The van der Waals surface area contributed by atoms with Crippen molar-refractivity contribution in [3.63, 3.8) is 0 Å². The van der Waals surface area contributed by atoms with Crippen LogP contribution in [0.15, 0.2) is 67.0 Å². The summed E-state index contributed by atoms with van der Waals surface area (Å²) in [6, 6.07) is 18.5. The second-order valence-corrected chi connectivity index (χ2v) is 7.32. The highest BCUT2D eigenvalue weighted by atomic mass is 14.8. The molecule has 0 spiro atoms. The normalized spacial score (nSPS) is 12.4. The van der Waals surface area contributed by atoms with E-state index in [4.69, 9.17) is 9.97 Å². The van der Waals surface area contributed by atoms with Gasteiger partial charge in [0.2, 0.25) is 0 Å². The Morgan fingerprint density at radius 3 is 1.73 bits per heavy atom. The van der Waals surface area contributed by atoms with Crippen LogP contribution in [0.5, 0.6) is 0 Å². The second-order valence-electron chi connectivity index (χ2n) is 7.32. The Bertz CT molecular complexity index is 1490. The number of aromatic nitrogens is 5. The lowest BCUT2D eigenvalue weighted by atomic mass is 10.1. The molecule has 2 aliphatic rings. The highest BCUT2D eigenvalue weighted by Gasteiger charge is 2.07. The van der Waals surface area contributed by atoms with Crippen LogP contribution < -0.4 is 0 Å². The van der Waals surface area contributed by atoms with Crippen molar-refractivity contribution in [3.8, 4) is 11.1 Å². The predicted molar refractivity (Wildman–Crippen MR) is 122 cm³/mol. The number of H-pyrrole nitrogens is 2. The summed E-state index contributed by atoms with van der Waals surface area (Å²) in [6.45, 7) is 0. The van der Waals surface area contributed by atoms with Crippen molar-refractivity contribution in [2.45, 2.75) is 0 Å². The minimum atomic E-state index is 0.907. The first-order chi connectivity index (χ1) is 14.8. The number of pyridine rings is 1. The lowest BCUT2D eigenvalue weighted by molar-refractivity contribution is 1.31. The minimum absolute atomic E-state index is 0.907. The molecule has 6 heterocycles. The van der Waals surface area contributed by atoms with Crippen LogP contribution in [0.4, 0.5) is 0 Å². The van der Waals surface area contributed by atoms with E-state index >= 15 is 0 Å². The Morgan fingerprint density at radius 1 is 0.533 bits per heavy atom. The zero-order valence-corrected chi connectivity index (χ0v) is 16.0. The van der Waals surface area contributed by atoms with Gasteiger partial charge in [-0.25, -0.2) is 9.97 Å². The SMILES string of the molecule is C1=Cc2cc3cc(-c4ccncc4)c(cc4nc(cc5ccc(cc1n2)[nH]5)C=C4)[nH]3. The van der Waals surface area contributed by atoms with Gasteiger partial charge >= 0.3 is 0 Å². The summed E-state index contributed by atoms with van der Waals surface area (Å²) in [7, 11) is 0. The molecule has 2 N–H and O–H groups in total. The fraction of sp³-hybridized carbons (Fsp3) is 0. The van der Waals surface area contributed by atoms with Crippen LogP contribution in [0.25, 0.3) is 57.5 Å². The van der Waals surface area contributed by atoms with E-state index in [-0.39, 0.29) is 0 Å². The van der Waals surface area contributed by atoms with Crippen LogP contribution in [0, 0.1) is 0 Å². The number of nitrogens with zero attached hydrogens (tertiary/aromatic N) is 3. The number of hydrogen-bond donors (Lipinski definition) is 2. The lowest BCUT2D eigenvalue weighted by Crippen LogP contribution is -1.78. The van der Waals surface area contributed by atoms with Gasteiger partial charge in [-0.3, -0.25) is 4.98 Å². The van der Waals surface area contributed by atoms with Gasteiger partial charge in [0.1, 0.15) is 0 Å². The molecule has 6 rings (SSSR count). The van der Waals surface area contributed by atoms with Crippen LogP contribution >= 0.6 is 0 Å². The summed E-state index contributed by atoms with van der Waals surface area (Å²) in [5, 5.41) is 0. The molecule has 0 radical (unpaired) electrons. The predicted octanol–water partition coefficient (Wildman–Crippen LogP) is 5.72. The van der Waals surface area contributed by atoms with Crippen LogP contribution in [0.2, 0.25) is 0 Å². The first-order valence-electron chi connectivity index (χ1n) is 9.77. The molecule has 2 aliphatic heterocycles. The summed E-state index contributed by atoms with van der Waals surface area (Å²) in [5.74, 6) is 0. The fourth-order valence-electron chi connectivity index (χ4n) is 3.79. The van der Waals surface area contributed by atoms with Crippen molar-refractivity contribution in [2.75, 3.05) is 0 Å². The Balaban J connectivity index is 1.69. The first kappa shape index (κ1) is 16.7. The molecule has 4 aromatic heterocycles. The molecule has 0 unspecified atom stereocenters. The zero-order valence-electron chi connectivity index (χ0n) is 16.0. The summed E-state index contributed by atoms with van der Waals surface area (Å²) in [4.78, 5) is 20.6. The quantitative estimate of drug-likeness (QED) is 0.379. The van der Waals surface area contributed by atoms with Crippen molar-refractivity contribution in [1.82, 2.24) is 24.9 Å². The molecule has 0 aromatic carbocycles. The Labute approximate surface area is 172 Å². The van der Waals surface area contributed by atoms with Gasteiger partial charge in [0.25, 0.3) is 0 Å². The Morgan fingerprint density at radius 2 is 1.10 bits per heavy atom. The van der Waals surface area contributed by atoms with Gasteiger partial charge in [-0.05, 0) is 84.5 Å². The van der Waals surface area contributed by atoms with Crippen molar-refractivity contribution < 1.29 is 0 Å². The number of nitrogens with one attached hydrogen (secondary N) is 2. The van der Waals surface area contributed by atoms with Crippen LogP contribution in [-0.4, -0.2) is 24.9 Å². The first-order valence-corrected chi connectivity index (χ1v) is 9.77. The standard InChI is InChI=1S/C25H17N5/c1-2-18-12-20-5-6-22(29-20)15-25-24(16-7-9-26-10-8-16)14-23(30-25)13-21-4-3-19(28-21)11-17(1)27-18/h1-15,27,30H. The largest absolute Gasteiger partial charge is 0.355 e. The number of hydrogen-bond acceptors (Lipinski definition) is 3. The molecule has 0 saturated heterocycles. The average Bonchev–Trinajstić information content (AvgIpc) is 3.53. The van der Waals surface area contributed by atoms with E-state index in [9.17, 15) is 0 Å². The average molecular weight is 387 g/mol. The van der Waals surface area contributed by atoms with Gasteiger partial charge in [0.15, 0.2) is 0 Å². The van der Waals surface area contributed by atoms with E-state index in [2.05, 4.69) is 45.3 Å². The lowest BCUT2D eigenvalue weighted by Gasteiger charge is -1.97.